The molecule has 0 saturated heterocycles. The molecule has 0 radical (unpaired) electrons. The maximum absolute atomic E-state index is 12.6. The first kappa shape index (κ1) is 26.0. The van der Waals surface area contributed by atoms with Crippen LogP contribution in [0.4, 0.5) is 5.69 Å². The Kier molecular flexibility index (Phi) is 9.06. The average molecular weight is 600 g/mol. The number of halogens is 2. The zero-order valence-electron chi connectivity index (χ0n) is 18.5. The van der Waals surface area contributed by atoms with E-state index in [-0.39, 0.29) is 17.7 Å². The lowest BCUT2D eigenvalue weighted by Crippen LogP contribution is -2.13. The standard InChI is InChI=1S/C26H20Br2N2O5/c1-2-34-23-12-17(10-19(14-29)25(31)30-21-5-3-4-20(27)13-21)11-22(28)24(23)35-15-16-6-8-18(9-7-16)26(32)33/h3-13H,2,15H2,1H3,(H,30,31)(H,32,33)/b19-10-. The van der Waals surface area contributed by atoms with E-state index >= 15 is 0 Å². The molecule has 0 aliphatic carbocycles. The number of hydrogen-bond acceptors (Lipinski definition) is 5. The maximum atomic E-state index is 12.6. The highest BCUT2D eigenvalue weighted by Crippen LogP contribution is 2.38. The number of nitrogens with one attached hydrogen (secondary N) is 1. The van der Waals surface area contributed by atoms with Gasteiger partial charge in [0.25, 0.3) is 5.91 Å². The van der Waals surface area contributed by atoms with E-state index in [1.54, 1.807) is 42.5 Å². The Morgan fingerprint density at radius 1 is 1.09 bits per heavy atom. The van der Waals surface area contributed by atoms with Gasteiger partial charge in [0.05, 0.1) is 16.6 Å². The molecule has 3 aromatic rings. The maximum Gasteiger partial charge on any atom is 0.335 e. The number of benzene rings is 3. The summed E-state index contributed by atoms with van der Waals surface area (Å²) in [4.78, 5) is 23.6. The van der Waals surface area contributed by atoms with Crippen LogP contribution in [0.5, 0.6) is 11.5 Å². The lowest BCUT2D eigenvalue weighted by molar-refractivity contribution is -0.112. The number of nitrogens with zero attached hydrogens (tertiary/aromatic N) is 1. The first-order chi connectivity index (χ1) is 16.8. The molecule has 0 bridgehead atoms. The third-order valence-corrected chi connectivity index (χ3v) is 5.76. The molecule has 0 aliphatic heterocycles. The summed E-state index contributed by atoms with van der Waals surface area (Å²) in [6, 6.07) is 18.8. The highest BCUT2D eigenvalue weighted by atomic mass is 79.9. The van der Waals surface area contributed by atoms with Gasteiger partial charge < -0.3 is 19.9 Å². The third kappa shape index (κ3) is 7.18. The van der Waals surface area contributed by atoms with Gasteiger partial charge in [-0.15, -0.1) is 0 Å². The van der Waals surface area contributed by atoms with Crippen molar-refractivity contribution in [2.75, 3.05) is 11.9 Å². The predicted octanol–water partition coefficient (Wildman–Crippen LogP) is 6.43. The number of anilines is 1. The van der Waals surface area contributed by atoms with Crippen LogP contribution in [0.2, 0.25) is 0 Å². The SMILES string of the molecule is CCOc1cc(/C=C(/C#N)C(=O)Nc2cccc(Br)c2)cc(Br)c1OCc1ccc(C(=O)O)cc1. The lowest BCUT2D eigenvalue weighted by Gasteiger charge is -2.15. The van der Waals surface area contributed by atoms with Gasteiger partial charge in [0, 0.05) is 10.2 Å². The minimum absolute atomic E-state index is 0.0773. The summed E-state index contributed by atoms with van der Waals surface area (Å²) >= 11 is 6.83. The van der Waals surface area contributed by atoms with Gasteiger partial charge >= 0.3 is 5.97 Å². The van der Waals surface area contributed by atoms with Crippen molar-refractivity contribution in [1.29, 1.82) is 5.26 Å². The van der Waals surface area contributed by atoms with Crippen molar-refractivity contribution in [3.05, 3.63) is 91.9 Å². The van der Waals surface area contributed by atoms with Crippen molar-refractivity contribution in [1.82, 2.24) is 0 Å². The van der Waals surface area contributed by atoms with Crippen molar-refractivity contribution in [2.24, 2.45) is 0 Å². The van der Waals surface area contributed by atoms with Gasteiger partial charge in [0.2, 0.25) is 0 Å². The number of carboxylic acid groups (broad SMARTS) is 1. The molecule has 0 saturated carbocycles. The van der Waals surface area contributed by atoms with Gasteiger partial charge in [0.1, 0.15) is 18.2 Å². The van der Waals surface area contributed by atoms with Crippen molar-refractivity contribution >= 4 is 55.5 Å². The average Bonchev–Trinajstić information content (AvgIpc) is 2.82. The number of carbonyl (C=O) groups excluding carboxylic acids is 1. The van der Waals surface area contributed by atoms with E-state index in [0.29, 0.717) is 33.8 Å². The van der Waals surface area contributed by atoms with Crippen LogP contribution in [-0.2, 0) is 11.4 Å². The Morgan fingerprint density at radius 3 is 2.46 bits per heavy atom. The van der Waals surface area contributed by atoms with Crippen LogP contribution in [0.1, 0.15) is 28.4 Å². The van der Waals surface area contributed by atoms with Crippen molar-refractivity contribution in [3.63, 3.8) is 0 Å². The van der Waals surface area contributed by atoms with Crippen LogP contribution in [-0.4, -0.2) is 23.6 Å². The first-order valence-electron chi connectivity index (χ1n) is 10.4. The Hall–Kier alpha value is -3.61. The predicted molar refractivity (Wildman–Crippen MR) is 139 cm³/mol. The number of carboxylic acids is 1. The van der Waals surface area contributed by atoms with Crippen LogP contribution < -0.4 is 14.8 Å². The fraction of sp³-hybridized carbons (Fsp3) is 0.115. The summed E-state index contributed by atoms with van der Waals surface area (Å²) in [5.74, 6) is -0.655. The molecule has 7 nitrogen and oxygen atoms in total. The molecule has 0 fully saturated rings. The molecule has 2 N–H and O–H groups in total. The molecule has 35 heavy (non-hydrogen) atoms. The second-order valence-electron chi connectivity index (χ2n) is 7.19. The summed E-state index contributed by atoms with van der Waals surface area (Å²) in [5.41, 5.74) is 2.02. The smallest absolute Gasteiger partial charge is 0.335 e. The molecule has 0 atom stereocenters. The number of amides is 1. The summed E-state index contributed by atoms with van der Waals surface area (Å²) in [6.45, 7) is 2.39. The minimum atomic E-state index is -0.996. The summed E-state index contributed by atoms with van der Waals surface area (Å²) in [5, 5.41) is 21.3. The number of rotatable bonds is 9. The molecule has 0 heterocycles. The second-order valence-corrected chi connectivity index (χ2v) is 8.96. The monoisotopic (exact) mass is 598 g/mol. The van der Waals surface area contributed by atoms with Crippen molar-refractivity contribution in [3.8, 4) is 17.6 Å². The van der Waals surface area contributed by atoms with E-state index < -0.39 is 11.9 Å². The van der Waals surface area contributed by atoms with Gasteiger partial charge in [0.15, 0.2) is 11.5 Å². The number of ether oxygens (including phenoxy) is 2. The van der Waals surface area contributed by atoms with E-state index in [4.69, 9.17) is 14.6 Å². The normalized spacial score (nSPS) is 10.9. The zero-order valence-corrected chi connectivity index (χ0v) is 21.7. The molecular weight excluding hydrogens is 580 g/mol. The largest absolute Gasteiger partial charge is 0.490 e. The second kappa shape index (κ2) is 12.2. The van der Waals surface area contributed by atoms with Gasteiger partial charge in [-0.25, -0.2) is 4.79 Å². The van der Waals surface area contributed by atoms with Gasteiger partial charge in [-0.3, -0.25) is 4.79 Å². The number of carbonyl (C=O) groups is 2. The molecule has 178 valence electrons. The molecule has 3 aromatic carbocycles. The van der Waals surface area contributed by atoms with Crippen LogP contribution in [0.3, 0.4) is 0 Å². The van der Waals surface area contributed by atoms with Gasteiger partial charge in [-0.05, 0) is 82.5 Å². The van der Waals surface area contributed by atoms with Crippen molar-refractivity contribution < 1.29 is 24.2 Å². The first-order valence-corrected chi connectivity index (χ1v) is 12.0. The molecule has 0 spiro atoms. The van der Waals surface area contributed by atoms with Crippen LogP contribution in [0.25, 0.3) is 6.08 Å². The number of hydrogen-bond donors (Lipinski definition) is 2. The Morgan fingerprint density at radius 2 is 1.83 bits per heavy atom. The van der Waals surface area contributed by atoms with Crippen LogP contribution in [0.15, 0.2) is 75.2 Å². The minimum Gasteiger partial charge on any atom is -0.490 e. The van der Waals surface area contributed by atoms with E-state index in [9.17, 15) is 14.9 Å². The summed E-state index contributed by atoms with van der Waals surface area (Å²) in [7, 11) is 0. The third-order valence-electron chi connectivity index (χ3n) is 4.67. The topological polar surface area (TPSA) is 109 Å². The van der Waals surface area contributed by atoms with E-state index in [1.807, 2.05) is 19.1 Å². The molecular formula is C26H20Br2N2O5. The number of nitriles is 1. The van der Waals surface area contributed by atoms with Crippen LogP contribution in [0, 0.1) is 11.3 Å². The molecule has 1 amide bonds. The summed E-state index contributed by atoms with van der Waals surface area (Å²) < 4.78 is 13.0. The van der Waals surface area contributed by atoms with Gasteiger partial charge in [-0.1, -0.05) is 34.1 Å². The molecule has 0 unspecified atom stereocenters. The van der Waals surface area contributed by atoms with E-state index in [0.717, 1.165) is 10.0 Å². The quantitative estimate of drug-likeness (QED) is 0.217. The Balaban J connectivity index is 1.82. The summed E-state index contributed by atoms with van der Waals surface area (Å²) in [6.07, 6.45) is 1.47. The fourth-order valence-electron chi connectivity index (χ4n) is 3.05. The van der Waals surface area contributed by atoms with Crippen LogP contribution >= 0.6 is 31.9 Å². The number of aromatic carboxylic acids is 1. The molecule has 3 rings (SSSR count). The zero-order chi connectivity index (χ0) is 25.4. The highest BCUT2D eigenvalue weighted by Gasteiger charge is 2.15. The Bertz CT molecular complexity index is 1310. The van der Waals surface area contributed by atoms with E-state index in [2.05, 4.69) is 37.2 Å². The fourth-order valence-corrected chi connectivity index (χ4v) is 4.03. The Labute approximate surface area is 219 Å². The molecule has 0 aromatic heterocycles. The van der Waals surface area contributed by atoms with Crippen molar-refractivity contribution in [2.45, 2.75) is 13.5 Å². The molecule has 9 heteroatoms. The van der Waals surface area contributed by atoms with Gasteiger partial charge in [-0.2, -0.15) is 5.26 Å². The lowest BCUT2D eigenvalue weighted by atomic mass is 10.1. The van der Waals surface area contributed by atoms with E-state index in [1.165, 1.54) is 18.2 Å². The molecule has 0 aliphatic rings. The highest BCUT2D eigenvalue weighted by molar-refractivity contribution is 9.10.